The summed E-state index contributed by atoms with van der Waals surface area (Å²) in [5, 5.41) is 1.09. The molecule has 1 aromatic heterocycles. The van der Waals surface area contributed by atoms with Gasteiger partial charge in [-0.1, -0.05) is 42.5 Å². The lowest BCUT2D eigenvalue weighted by molar-refractivity contribution is 0.402. The van der Waals surface area contributed by atoms with Crippen LogP contribution in [0.2, 0.25) is 0 Å². The van der Waals surface area contributed by atoms with Crippen molar-refractivity contribution in [3.05, 3.63) is 60.4 Å². The van der Waals surface area contributed by atoms with Gasteiger partial charge in [-0.15, -0.1) is 0 Å². The summed E-state index contributed by atoms with van der Waals surface area (Å²) in [7, 11) is 4.15. The van der Waals surface area contributed by atoms with Crippen molar-refractivity contribution in [2.75, 3.05) is 14.1 Å². The molecule has 0 N–H and O–H groups in total. The molecule has 0 saturated carbocycles. The van der Waals surface area contributed by atoms with E-state index in [0.29, 0.717) is 0 Å². The molecule has 100 valence electrons. The molecule has 20 heavy (non-hydrogen) atoms. The topological polar surface area (TPSA) is 29.0 Å². The number of para-hydroxylation sites is 1. The number of rotatable bonds is 3. The van der Waals surface area contributed by atoms with Gasteiger partial charge < -0.3 is 4.90 Å². The van der Waals surface area contributed by atoms with Gasteiger partial charge in [-0.3, -0.25) is 0 Å². The van der Waals surface area contributed by atoms with Gasteiger partial charge in [0.1, 0.15) is 6.33 Å². The molecular formula is C17H17N3. The number of hydrogen-bond acceptors (Lipinski definition) is 3. The highest BCUT2D eigenvalue weighted by molar-refractivity contribution is 5.91. The van der Waals surface area contributed by atoms with Crippen molar-refractivity contribution in [2.45, 2.75) is 6.54 Å². The fourth-order valence-corrected chi connectivity index (χ4v) is 2.37. The summed E-state index contributed by atoms with van der Waals surface area (Å²) in [6, 6.07) is 16.7. The largest absolute Gasteiger partial charge is 0.305 e. The minimum Gasteiger partial charge on any atom is -0.305 e. The first-order chi connectivity index (χ1) is 9.74. The van der Waals surface area contributed by atoms with E-state index in [0.717, 1.165) is 28.7 Å². The summed E-state index contributed by atoms with van der Waals surface area (Å²) in [6.07, 6.45) is 1.63. The Morgan fingerprint density at radius 2 is 1.65 bits per heavy atom. The normalized spacial score (nSPS) is 11.2. The highest BCUT2D eigenvalue weighted by Crippen LogP contribution is 2.25. The van der Waals surface area contributed by atoms with Crippen molar-refractivity contribution >= 4 is 10.9 Å². The van der Waals surface area contributed by atoms with Gasteiger partial charge >= 0.3 is 0 Å². The van der Waals surface area contributed by atoms with Crippen molar-refractivity contribution in [1.82, 2.24) is 14.9 Å². The van der Waals surface area contributed by atoms with Crippen LogP contribution in [0, 0.1) is 0 Å². The Bertz CT molecular complexity index is 712. The van der Waals surface area contributed by atoms with Gasteiger partial charge in [0.25, 0.3) is 0 Å². The molecule has 0 unspecified atom stereocenters. The number of hydrogen-bond donors (Lipinski definition) is 0. The molecule has 0 atom stereocenters. The first-order valence-electron chi connectivity index (χ1n) is 6.68. The van der Waals surface area contributed by atoms with Crippen LogP contribution in [0.25, 0.3) is 22.2 Å². The Kier molecular flexibility index (Phi) is 3.44. The highest BCUT2D eigenvalue weighted by Gasteiger charge is 2.05. The minimum atomic E-state index is 0.949. The number of fused-ring (bicyclic) bond motifs is 1. The van der Waals surface area contributed by atoms with E-state index in [1.807, 2.05) is 18.2 Å². The fraction of sp³-hybridized carbons (Fsp3) is 0.176. The van der Waals surface area contributed by atoms with E-state index >= 15 is 0 Å². The van der Waals surface area contributed by atoms with Crippen LogP contribution in [-0.4, -0.2) is 29.0 Å². The van der Waals surface area contributed by atoms with E-state index in [1.54, 1.807) is 6.33 Å². The third kappa shape index (κ3) is 2.53. The zero-order valence-electron chi connectivity index (χ0n) is 11.7. The number of benzene rings is 2. The second-order valence-electron chi connectivity index (χ2n) is 5.17. The molecule has 0 bridgehead atoms. The third-order valence-electron chi connectivity index (χ3n) is 3.27. The average molecular weight is 263 g/mol. The molecule has 0 aliphatic heterocycles. The van der Waals surface area contributed by atoms with Crippen molar-refractivity contribution in [2.24, 2.45) is 0 Å². The van der Waals surface area contributed by atoms with Gasteiger partial charge in [-0.2, -0.15) is 0 Å². The van der Waals surface area contributed by atoms with Crippen molar-refractivity contribution in [3.63, 3.8) is 0 Å². The van der Waals surface area contributed by atoms with Gasteiger partial charge in [0.05, 0.1) is 11.2 Å². The van der Waals surface area contributed by atoms with Gasteiger partial charge in [0, 0.05) is 17.5 Å². The summed E-state index contributed by atoms with van der Waals surface area (Å²) >= 11 is 0. The Morgan fingerprint density at radius 1 is 0.900 bits per heavy atom. The van der Waals surface area contributed by atoms with Crippen molar-refractivity contribution < 1.29 is 0 Å². The van der Waals surface area contributed by atoms with E-state index in [-0.39, 0.29) is 0 Å². The van der Waals surface area contributed by atoms with E-state index in [9.17, 15) is 0 Å². The third-order valence-corrected chi connectivity index (χ3v) is 3.27. The molecule has 0 amide bonds. The zero-order chi connectivity index (χ0) is 13.9. The Hall–Kier alpha value is -2.26. The summed E-state index contributed by atoms with van der Waals surface area (Å²) in [4.78, 5) is 10.9. The summed E-state index contributed by atoms with van der Waals surface area (Å²) in [6.45, 7) is 0.949. The van der Waals surface area contributed by atoms with Crippen LogP contribution in [0.3, 0.4) is 0 Å². The summed E-state index contributed by atoms with van der Waals surface area (Å²) < 4.78 is 0. The van der Waals surface area contributed by atoms with Crippen LogP contribution in [0.5, 0.6) is 0 Å². The lowest BCUT2D eigenvalue weighted by atomic mass is 10.0. The fourth-order valence-electron chi connectivity index (χ4n) is 2.37. The molecule has 0 spiro atoms. The molecular weight excluding hydrogens is 246 g/mol. The molecule has 0 radical (unpaired) electrons. The maximum atomic E-state index is 4.45. The molecule has 3 heteroatoms. The van der Waals surface area contributed by atoms with Gasteiger partial charge in [0.15, 0.2) is 0 Å². The maximum absolute atomic E-state index is 4.45. The van der Waals surface area contributed by atoms with Crippen LogP contribution in [0.4, 0.5) is 0 Å². The highest BCUT2D eigenvalue weighted by atomic mass is 15.0. The van der Waals surface area contributed by atoms with Crippen LogP contribution >= 0.6 is 0 Å². The van der Waals surface area contributed by atoms with Crippen molar-refractivity contribution in [1.29, 1.82) is 0 Å². The van der Waals surface area contributed by atoms with E-state index in [2.05, 4.69) is 59.3 Å². The van der Waals surface area contributed by atoms with E-state index in [4.69, 9.17) is 0 Å². The molecule has 0 saturated heterocycles. The second-order valence-corrected chi connectivity index (χ2v) is 5.17. The minimum absolute atomic E-state index is 0.949. The smallest absolute Gasteiger partial charge is 0.116 e. The molecule has 1 heterocycles. The first kappa shape index (κ1) is 12.8. The molecule has 3 nitrogen and oxygen atoms in total. The average Bonchev–Trinajstić information content (AvgIpc) is 2.47. The molecule has 0 aliphatic carbocycles. The summed E-state index contributed by atoms with van der Waals surface area (Å²) in [5.41, 5.74) is 4.41. The Labute approximate surface area is 118 Å². The quantitative estimate of drug-likeness (QED) is 0.725. The molecule has 0 fully saturated rings. The number of nitrogens with zero attached hydrogens (tertiary/aromatic N) is 3. The second kappa shape index (κ2) is 5.39. The maximum Gasteiger partial charge on any atom is 0.116 e. The lowest BCUT2D eigenvalue weighted by Gasteiger charge is -2.10. The Balaban J connectivity index is 2.03. The van der Waals surface area contributed by atoms with Crippen LogP contribution in [-0.2, 0) is 6.54 Å². The Morgan fingerprint density at radius 3 is 2.40 bits per heavy atom. The first-order valence-corrected chi connectivity index (χ1v) is 6.68. The predicted molar refractivity (Wildman–Crippen MR) is 82.4 cm³/mol. The van der Waals surface area contributed by atoms with Gasteiger partial charge in [-0.25, -0.2) is 9.97 Å². The predicted octanol–water partition coefficient (Wildman–Crippen LogP) is 3.36. The van der Waals surface area contributed by atoms with Crippen LogP contribution in [0.1, 0.15) is 5.56 Å². The SMILES string of the molecule is CN(C)Cc1ccc(-c2ncnc3ccccc23)cc1. The summed E-state index contributed by atoms with van der Waals surface area (Å²) in [5.74, 6) is 0. The molecule has 2 aromatic carbocycles. The standard InChI is InChI=1S/C17H17N3/c1-20(2)11-13-7-9-14(10-8-13)17-15-5-3-4-6-16(15)18-12-19-17/h3-10,12H,11H2,1-2H3. The van der Waals surface area contributed by atoms with Gasteiger partial charge in [-0.05, 0) is 25.7 Å². The van der Waals surface area contributed by atoms with E-state index in [1.165, 1.54) is 5.56 Å². The zero-order valence-corrected chi connectivity index (χ0v) is 11.7. The molecule has 3 rings (SSSR count). The molecule has 0 aliphatic rings. The monoisotopic (exact) mass is 263 g/mol. The lowest BCUT2D eigenvalue weighted by Crippen LogP contribution is -2.10. The van der Waals surface area contributed by atoms with Crippen molar-refractivity contribution in [3.8, 4) is 11.3 Å². The number of aromatic nitrogens is 2. The van der Waals surface area contributed by atoms with Gasteiger partial charge in [0.2, 0.25) is 0 Å². The van der Waals surface area contributed by atoms with Crippen LogP contribution in [0.15, 0.2) is 54.9 Å². The molecule has 3 aromatic rings. The van der Waals surface area contributed by atoms with E-state index < -0.39 is 0 Å². The van der Waals surface area contributed by atoms with Crippen LogP contribution < -0.4 is 0 Å².